The van der Waals surface area contributed by atoms with Gasteiger partial charge in [-0.2, -0.15) is 13.2 Å². The minimum atomic E-state index is -4.49. The summed E-state index contributed by atoms with van der Waals surface area (Å²) in [6.45, 7) is 16.3. The molecule has 0 amide bonds. The normalized spacial score (nSPS) is 30.3. The Balaban J connectivity index is 2.62. The van der Waals surface area contributed by atoms with Gasteiger partial charge in [-0.1, -0.05) is 113 Å². The number of cyclic esters (lactones) is 1. The van der Waals surface area contributed by atoms with Crippen molar-refractivity contribution in [1.29, 1.82) is 0 Å². The van der Waals surface area contributed by atoms with Crippen LogP contribution < -0.4 is 0 Å². The molecule has 0 fully saturated rings. The van der Waals surface area contributed by atoms with Gasteiger partial charge in [-0.25, -0.2) is 4.79 Å². The first-order chi connectivity index (χ1) is 28.2. The Bertz CT molecular complexity index is 1700. The number of nitrogens with zero attached hydrogens (tertiary/aromatic N) is 1. The number of hydrogen-bond acceptors (Lipinski definition) is 10. The first kappa shape index (κ1) is 52.1. The number of allylic oxidation sites excluding steroid dienone is 7. The van der Waals surface area contributed by atoms with Gasteiger partial charge in [0.05, 0.1) is 42.8 Å². The molecule has 0 aromatic heterocycles. The lowest BCUT2D eigenvalue weighted by molar-refractivity contribution is -0.161. The summed E-state index contributed by atoms with van der Waals surface area (Å²) in [5.41, 5.74) is 1.47. The molecule has 60 heavy (non-hydrogen) atoms. The second-order valence-electron chi connectivity index (χ2n) is 16.0. The molecule has 0 spiro atoms. The SMILES string of the molecule is C/C=C/C(O)C(C)/C=C/C(=N/OCc1ccc(C(F)(F)F)cc1)C(C)C(O)C(C)C1OC(=O)/C(OC)=C/C(C)=C/C(C)C(O)C(CC)C(O)C(C)C/C(C)=C/C=C/C1OC. The molecular weight excluding hydrogens is 780 g/mol. The van der Waals surface area contributed by atoms with Gasteiger partial charge in [-0.05, 0) is 69.4 Å². The highest BCUT2D eigenvalue weighted by atomic mass is 19.4. The number of carbonyl (C=O) groups is 1. The number of ether oxygens (including phenoxy) is 3. The van der Waals surface area contributed by atoms with Crippen molar-refractivity contribution < 1.29 is 57.4 Å². The van der Waals surface area contributed by atoms with Crippen LogP contribution in [-0.4, -0.2) is 83.0 Å². The van der Waals surface area contributed by atoms with Crippen molar-refractivity contribution in [1.82, 2.24) is 0 Å². The van der Waals surface area contributed by atoms with E-state index in [0.29, 0.717) is 24.0 Å². The van der Waals surface area contributed by atoms with E-state index in [2.05, 4.69) is 5.16 Å². The molecule has 1 aromatic carbocycles. The molecule has 0 aliphatic carbocycles. The van der Waals surface area contributed by atoms with E-state index in [1.54, 1.807) is 71.1 Å². The van der Waals surface area contributed by atoms with E-state index < -0.39 is 66.2 Å². The highest BCUT2D eigenvalue weighted by molar-refractivity contribution is 5.96. The van der Waals surface area contributed by atoms with Crippen molar-refractivity contribution in [3.63, 3.8) is 0 Å². The molecule has 12 unspecified atom stereocenters. The number of methoxy groups -OCH3 is 2. The first-order valence-corrected chi connectivity index (χ1v) is 20.6. The Kier molecular flexibility index (Phi) is 21.8. The molecule has 2 rings (SSSR count). The fourth-order valence-electron chi connectivity index (χ4n) is 7.27. The van der Waals surface area contributed by atoms with Crippen molar-refractivity contribution in [2.45, 2.75) is 125 Å². The molecule has 13 heteroatoms. The summed E-state index contributed by atoms with van der Waals surface area (Å²) >= 11 is 0. The zero-order chi connectivity index (χ0) is 45.3. The number of esters is 1. The third-order valence-corrected chi connectivity index (χ3v) is 11.2. The lowest BCUT2D eigenvalue weighted by Gasteiger charge is -2.34. The van der Waals surface area contributed by atoms with Crippen LogP contribution in [0.5, 0.6) is 0 Å². The van der Waals surface area contributed by atoms with Crippen LogP contribution in [0.1, 0.15) is 86.3 Å². The Morgan fingerprint density at radius 1 is 1.03 bits per heavy atom. The molecule has 0 radical (unpaired) electrons. The number of halogens is 3. The molecule has 10 nitrogen and oxygen atoms in total. The van der Waals surface area contributed by atoms with Crippen LogP contribution in [0.25, 0.3) is 0 Å². The fourth-order valence-corrected chi connectivity index (χ4v) is 7.27. The van der Waals surface area contributed by atoms with Crippen LogP contribution in [0.15, 0.2) is 101 Å². The summed E-state index contributed by atoms with van der Waals surface area (Å²) in [6.07, 6.45) is 6.35. The number of alkyl halides is 3. The molecule has 1 aliphatic rings. The van der Waals surface area contributed by atoms with Crippen LogP contribution in [0.4, 0.5) is 13.2 Å². The van der Waals surface area contributed by atoms with Gasteiger partial charge in [0, 0.05) is 36.7 Å². The molecule has 336 valence electrons. The largest absolute Gasteiger partial charge is 0.490 e. The standard InChI is InChI=1S/C47H68F3NO9/c1-12-15-39(52)30(5)18-23-38(51-59-27-35-19-21-36(22-20-35)47(48,49)50)33(8)44(55)34(9)45-40(57-10)17-14-16-28(3)24-31(6)42(53)37(13-2)43(54)32(7)25-29(4)26-41(58-11)46(56)60-45/h12,14-23,25-26,30-34,37,39-40,42-45,52-55H,13,24,27H2,1-11H3/b15-12+,17-14+,23-18+,28-16+,29-25+,41-26-,51-38-. The van der Waals surface area contributed by atoms with Crippen LogP contribution in [-0.2, 0) is 36.6 Å². The van der Waals surface area contributed by atoms with Gasteiger partial charge in [0.1, 0.15) is 18.8 Å². The molecule has 0 saturated carbocycles. The fraction of sp³-hybridized carbons (Fsp3) is 0.574. The molecule has 1 aliphatic heterocycles. The molecule has 1 heterocycles. The Hall–Kier alpha value is -4.01. The van der Waals surface area contributed by atoms with Crippen LogP contribution in [0.2, 0.25) is 0 Å². The van der Waals surface area contributed by atoms with Gasteiger partial charge in [0.2, 0.25) is 5.76 Å². The maximum atomic E-state index is 13.9. The minimum Gasteiger partial charge on any atom is -0.490 e. The van der Waals surface area contributed by atoms with Crippen molar-refractivity contribution in [3.8, 4) is 0 Å². The van der Waals surface area contributed by atoms with Gasteiger partial charge in [0.15, 0.2) is 0 Å². The number of hydrogen-bond donors (Lipinski definition) is 4. The van der Waals surface area contributed by atoms with Gasteiger partial charge in [-0.3, -0.25) is 0 Å². The maximum Gasteiger partial charge on any atom is 0.416 e. The highest BCUT2D eigenvalue weighted by Crippen LogP contribution is 2.31. The van der Waals surface area contributed by atoms with Crippen LogP contribution >= 0.6 is 0 Å². The number of carbonyl (C=O) groups excluding carboxylic acids is 1. The number of benzene rings is 1. The van der Waals surface area contributed by atoms with Crippen LogP contribution in [0, 0.1) is 35.5 Å². The summed E-state index contributed by atoms with van der Waals surface area (Å²) in [5, 5.41) is 49.5. The topological polar surface area (TPSA) is 147 Å². The Labute approximate surface area is 354 Å². The number of aliphatic hydroxyl groups excluding tert-OH is 4. The molecule has 0 bridgehead atoms. The van der Waals surface area contributed by atoms with Gasteiger partial charge < -0.3 is 39.5 Å². The molecule has 12 atom stereocenters. The average Bonchev–Trinajstić information content (AvgIpc) is 3.20. The maximum absolute atomic E-state index is 13.9. The molecular formula is C47H68F3NO9. The van der Waals surface area contributed by atoms with Gasteiger partial charge >= 0.3 is 12.1 Å². The minimum absolute atomic E-state index is 0.128. The van der Waals surface area contributed by atoms with Gasteiger partial charge in [0.25, 0.3) is 0 Å². The molecule has 4 N–H and O–H groups in total. The second-order valence-corrected chi connectivity index (χ2v) is 16.0. The highest BCUT2D eigenvalue weighted by Gasteiger charge is 2.38. The van der Waals surface area contributed by atoms with E-state index in [-0.39, 0.29) is 41.7 Å². The summed E-state index contributed by atoms with van der Waals surface area (Å²) in [6, 6.07) is 4.50. The summed E-state index contributed by atoms with van der Waals surface area (Å²) in [5.74, 6) is -3.83. The van der Waals surface area contributed by atoms with Crippen molar-refractivity contribution >= 4 is 11.7 Å². The quantitative estimate of drug-likeness (QED) is 0.0625. The third kappa shape index (κ3) is 15.8. The number of oxime groups is 1. The Morgan fingerprint density at radius 2 is 1.68 bits per heavy atom. The molecule has 0 saturated heterocycles. The first-order valence-electron chi connectivity index (χ1n) is 20.6. The van der Waals surface area contributed by atoms with E-state index in [1.165, 1.54) is 32.4 Å². The second kappa shape index (κ2) is 25.1. The lowest BCUT2D eigenvalue weighted by Crippen LogP contribution is -2.45. The van der Waals surface area contributed by atoms with Crippen LogP contribution in [0.3, 0.4) is 0 Å². The third-order valence-electron chi connectivity index (χ3n) is 11.2. The van der Waals surface area contributed by atoms with Crippen molar-refractivity contribution in [2.75, 3.05) is 14.2 Å². The van der Waals surface area contributed by atoms with E-state index in [0.717, 1.165) is 17.7 Å². The molecule has 1 aromatic rings. The monoisotopic (exact) mass is 847 g/mol. The Morgan fingerprint density at radius 3 is 2.25 bits per heavy atom. The summed E-state index contributed by atoms with van der Waals surface area (Å²) in [7, 11) is 2.79. The van der Waals surface area contributed by atoms with Crippen molar-refractivity contribution in [2.24, 2.45) is 40.7 Å². The lowest BCUT2D eigenvalue weighted by atomic mass is 9.79. The predicted octanol–water partition coefficient (Wildman–Crippen LogP) is 8.67. The van der Waals surface area contributed by atoms with E-state index >= 15 is 0 Å². The zero-order valence-electron chi connectivity index (χ0n) is 37.0. The average molecular weight is 848 g/mol. The predicted molar refractivity (Wildman–Crippen MR) is 228 cm³/mol. The van der Waals surface area contributed by atoms with E-state index in [1.807, 2.05) is 39.8 Å². The number of rotatable bonds is 14. The zero-order valence-corrected chi connectivity index (χ0v) is 37.0. The number of aliphatic hydroxyl groups is 4. The van der Waals surface area contributed by atoms with E-state index in [4.69, 9.17) is 19.0 Å². The summed E-state index contributed by atoms with van der Waals surface area (Å²) < 4.78 is 56.9. The van der Waals surface area contributed by atoms with Crippen molar-refractivity contribution in [3.05, 3.63) is 107 Å². The van der Waals surface area contributed by atoms with Gasteiger partial charge in [-0.15, -0.1) is 0 Å². The van der Waals surface area contributed by atoms with E-state index in [9.17, 15) is 38.4 Å². The smallest absolute Gasteiger partial charge is 0.416 e. The summed E-state index contributed by atoms with van der Waals surface area (Å²) in [4.78, 5) is 19.5.